The maximum Gasteiger partial charge on any atom is 0.472 e. The van der Waals surface area contributed by atoms with Gasteiger partial charge in [0.25, 0.3) is 0 Å². The van der Waals surface area contributed by atoms with E-state index in [1.807, 2.05) is 0 Å². The SMILES string of the molecule is CCC(C)CCCCCCCCCCCCCCCCCCCCC(=O)OC[C@H](COP(=O)(O)OCC(O)COP(=O)(O)OC[C@@H](COC(=O)CCCCCCCCCC(C)C)OC(=O)CCCCCCCCCCCC(C)C)OC(=O)CCCCCCCCCCCCCCCCCCCCC(C)CC. The van der Waals surface area contributed by atoms with Crippen LogP contribution in [0.3, 0.4) is 0 Å². The first-order chi connectivity index (χ1) is 51.2. The van der Waals surface area contributed by atoms with Crippen LogP contribution in [0, 0.1) is 23.7 Å². The van der Waals surface area contributed by atoms with Gasteiger partial charge >= 0.3 is 39.5 Å². The molecule has 106 heavy (non-hydrogen) atoms. The van der Waals surface area contributed by atoms with Gasteiger partial charge in [-0.25, -0.2) is 9.13 Å². The molecule has 0 aliphatic carbocycles. The Morgan fingerprint density at radius 3 is 0.670 bits per heavy atom. The van der Waals surface area contributed by atoms with Gasteiger partial charge in [-0.3, -0.25) is 37.3 Å². The van der Waals surface area contributed by atoms with Crippen molar-refractivity contribution >= 4 is 39.5 Å². The highest BCUT2D eigenvalue weighted by Crippen LogP contribution is 2.45. The number of carbonyl (C=O) groups is 4. The molecule has 0 bridgehead atoms. The van der Waals surface area contributed by atoms with Crippen molar-refractivity contribution in [1.29, 1.82) is 0 Å². The second kappa shape index (κ2) is 75.7. The molecule has 0 radical (unpaired) electrons. The van der Waals surface area contributed by atoms with Crippen LogP contribution in [0.4, 0.5) is 0 Å². The summed E-state index contributed by atoms with van der Waals surface area (Å²) in [7, 11) is -9.93. The lowest BCUT2D eigenvalue weighted by atomic mass is 9.99. The summed E-state index contributed by atoms with van der Waals surface area (Å²) in [6, 6.07) is 0. The number of hydrogen-bond donors (Lipinski definition) is 3. The molecule has 0 amide bonds. The van der Waals surface area contributed by atoms with Gasteiger partial charge in [0.15, 0.2) is 12.2 Å². The molecule has 0 rings (SSSR count). The van der Waals surface area contributed by atoms with Crippen molar-refractivity contribution in [2.75, 3.05) is 39.6 Å². The number of aliphatic hydroxyl groups excluding tert-OH is 1. The Morgan fingerprint density at radius 1 is 0.264 bits per heavy atom. The summed E-state index contributed by atoms with van der Waals surface area (Å²) in [5.41, 5.74) is 0. The third-order valence-electron chi connectivity index (χ3n) is 21.0. The molecular weight excluding hydrogens is 1380 g/mol. The zero-order chi connectivity index (χ0) is 78.1. The van der Waals surface area contributed by atoms with Crippen LogP contribution in [0.25, 0.3) is 0 Å². The van der Waals surface area contributed by atoms with Gasteiger partial charge in [-0.05, 0) is 49.4 Å². The minimum Gasteiger partial charge on any atom is -0.462 e. The molecule has 0 heterocycles. The molecule has 3 N–H and O–H groups in total. The highest BCUT2D eigenvalue weighted by molar-refractivity contribution is 7.47. The number of hydrogen-bond acceptors (Lipinski definition) is 15. The number of unbranched alkanes of at least 4 members (excludes halogenated alkanes) is 48. The number of rotatable bonds is 84. The average Bonchev–Trinajstić information content (AvgIpc) is 0.936. The van der Waals surface area contributed by atoms with Crippen molar-refractivity contribution in [2.24, 2.45) is 23.7 Å². The monoisotopic (exact) mass is 1550 g/mol. The van der Waals surface area contributed by atoms with Crippen LogP contribution >= 0.6 is 15.6 Å². The van der Waals surface area contributed by atoms with Gasteiger partial charge in [0.05, 0.1) is 26.4 Å². The predicted octanol–water partition coefficient (Wildman–Crippen LogP) is 26.3. The molecule has 5 unspecified atom stereocenters. The first kappa shape index (κ1) is 104. The second-order valence-electron chi connectivity index (χ2n) is 32.7. The van der Waals surface area contributed by atoms with Crippen LogP contribution in [0.5, 0.6) is 0 Å². The van der Waals surface area contributed by atoms with E-state index in [0.717, 1.165) is 114 Å². The highest BCUT2D eigenvalue weighted by atomic mass is 31.2. The van der Waals surface area contributed by atoms with E-state index >= 15 is 0 Å². The Hall–Kier alpha value is -1.94. The number of phosphoric acid groups is 2. The number of ether oxygens (including phenoxy) is 4. The summed E-state index contributed by atoms with van der Waals surface area (Å²) < 4.78 is 68.8. The summed E-state index contributed by atoms with van der Waals surface area (Å²) in [6.45, 7) is 14.3. The van der Waals surface area contributed by atoms with Gasteiger partial charge in [-0.2, -0.15) is 0 Å². The van der Waals surface area contributed by atoms with Gasteiger partial charge < -0.3 is 33.8 Å². The summed E-state index contributed by atoms with van der Waals surface area (Å²) in [5, 5.41) is 10.7. The molecule has 0 saturated carbocycles. The Morgan fingerprint density at radius 2 is 0.453 bits per heavy atom. The first-order valence-corrected chi connectivity index (χ1v) is 47.8. The zero-order valence-corrected chi connectivity index (χ0v) is 71.9. The Bertz CT molecular complexity index is 2060. The van der Waals surface area contributed by atoms with Crippen molar-refractivity contribution in [2.45, 2.75) is 472 Å². The van der Waals surface area contributed by atoms with Gasteiger partial charge in [-0.15, -0.1) is 0 Å². The predicted molar refractivity (Wildman–Crippen MR) is 437 cm³/mol. The second-order valence-corrected chi connectivity index (χ2v) is 35.6. The summed E-state index contributed by atoms with van der Waals surface area (Å²) in [5.74, 6) is 1.08. The molecule has 0 saturated heterocycles. The molecule has 0 spiro atoms. The van der Waals surface area contributed by atoms with E-state index in [-0.39, 0.29) is 25.7 Å². The minimum absolute atomic E-state index is 0.104. The smallest absolute Gasteiger partial charge is 0.462 e. The van der Waals surface area contributed by atoms with Crippen molar-refractivity contribution in [3.63, 3.8) is 0 Å². The lowest BCUT2D eigenvalue weighted by Gasteiger charge is -2.21. The van der Waals surface area contributed by atoms with Crippen molar-refractivity contribution in [1.82, 2.24) is 0 Å². The Kier molecular flexibility index (Phi) is 74.3. The summed E-state index contributed by atoms with van der Waals surface area (Å²) in [4.78, 5) is 73.2. The van der Waals surface area contributed by atoms with Crippen LogP contribution in [0.15, 0.2) is 0 Å². The average molecular weight is 1550 g/mol. The van der Waals surface area contributed by atoms with E-state index in [4.69, 9.17) is 37.0 Å². The van der Waals surface area contributed by atoms with Gasteiger partial charge in [0.1, 0.15) is 19.3 Å². The third-order valence-corrected chi connectivity index (χ3v) is 22.9. The van der Waals surface area contributed by atoms with Crippen LogP contribution in [0.1, 0.15) is 453 Å². The molecule has 0 aliphatic rings. The van der Waals surface area contributed by atoms with Crippen LogP contribution in [-0.2, 0) is 65.4 Å². The molecule has 0 aliphatic heterocycles. The van der Waals surface area contributed by atoms with Crippen LogP contribution in [-0.4, -0.2) is 96.7 Å². The molecule has 17 nitrogen and oxygen atoms in total. The lowest BCUT2D eigenvalue weighted by molar-refractivity contribution is -0.161. The van der Waals surface area contributed by atoms with E-state index in [0.29, 0.717) is 31.6 Å². The molecule has 7 atom stereocenters. The zero-order valence-electron chi connectivity index (χ0n) is 70.1. The minimum atomic E-state index is -4.97. The lowest BCUT2D eigenvalue weighted by Crippen LogP contribution is -2.30. The van der Waals surface area contributed by atoms with Gasteiger partial charge in [-0.1, -0.05) is 402 Å². The molecule has 19 heteroatoms. The fraction of sp³-hybridized carbons (Fsp3) is 0.954. The normalized spacial score (nSPS) is 14.4. The fourth-order valence-electron chi connectivity index (χ4n) is 13.4. The van der Waals surface area contributed by atoms with Crippen molar-refractivity contribution < 1.29 is 80.2 Å². The Labute approximate surface area is 651 Å². The Balaban J connectivity index is 5.19. The maximum absolute atomic E-state index is 13.2. The van der Waals surface area contributed by atoms with E-state index in [1.165, 1.54) is 250 Å². The molecular formula is C87H170O17P2. The number of esters is 4. The molecule has 0 aromatic rings. The topological polar surface area (TPSA) is 237 Å². The first-order valence-electron chi connectivity index (χ1n) is 44.8. The molecule has 630 valence electrons. The van der Waals surface area contributed by atoms with Crippen molar-refractivity contribution in [3.8, 4) is 0 Å². The van der Waals surface area contributed by atoms with E-state index in [1.54, 1.807) is 0 Å². The molecule has 0 aromatic carbocycles. The summed E-state index contributed by atoms with van der Waals surface area (Å²) in [6.07, 6.45) is 65.5. The number of aliphatic hydroxyl groups is 1. The van der Waals surface area contributed by atoms with Gasteiger partial charge in [0.2, 0.25) is 0 Å². The largest absolute Gasteiger partial charge is 0.472 e. The van der Waals surface area contributed by atoms with E-state index in [9.17, 15) is 43.2 Å². The van der Waals surface area contributed by atoms with E-state index in [2.05, 4.69) is 55.4 Å². The number of carbonyl (C=O) groups excluding carboxylic acids is 4. The highest BCUT2D eigenvalue weighted by Gasteiger charge is 2.31. The van der Waals surface area contributed by atoms with Crippen molar-refractivity contribution in [3.05, 3.63) is 0 Å². The molecule has 0 fully saturated rings. The number of phosphoric ester groups is 2. The quantitative estimate of drug-likeness (QED) is 0.0222. The molecule has 0 aromatic heterocycles. The third kappa shape index (κ3) is 77.4. The van der Waals surface area contributed by atoms with E-state index < -0.39 is 97.5 Å². The van der Waals surface area contributed by atoms with Crippen LogP contribution < -0.4 is 0 Å². The standard InChI is InChI=1S/C87H170O17P2/c1-9-79(7)65-57-49-41-33-27-23-19-15-11-13-17-21-25-29-35-43-51-59-67-84(89)97-73-82(103-86(91)69-61-53-44-36-30-26-22-18-14-12-16-20-24-28-34-42-50-58-66-80(8)10-2)75-101-105(93,94)99-71-81(88)72-100-106(95,96)102-76-83(74-98-85(90)68-60-52-46-38-40-48-56-64-78(5)6)104-87(92)70-62-54-45-37-31-32-39-47-55-63-77(3)4/h77-83,88H,9-76H2,1-8H3,(H,93,94)(H,95,96)/t79?,80?,81?,82-,83-/m1/s1. The summed E-state index contributed by atoms with van der Waals surface area (Å²) >= 11 is 0. The fourth-order valence-corrected chi connectivity index (χ4v) is 15.0. The van der Waals surface area contributed by atoms with Gasteiger partial charge in [0, 0.05) is 25.7 Å². The maximum atomic E-state index is 13.2. The van der Waals surface area contributed by atoms with Crippen LogP contribution in [0.2, 0.25) is 0 Å².